The molecule has 9 heteroatoms. The first-order chi connectivity index (χ1) is 11.0. The maximum absolute atomic E-state index is 13.8. The first kappa shape index (κ1) is 19.8. The molecule has 134 valence electrons. The lowest BCUT2D eigenvalue weighted by Gasteiger charge is -2.20. The number of anilines is 2. The Kier molecular flexibility index (Phi) is 6.59. The third kappa shape index (κ3) is 5.73. The molecule has 1 aromatic carbocycles. The van der Waals surface area contributed by atoms with Gasteiger partial charge < -0.3 is 14.8 Å². The molecule has 0 heterocycles. The zero-order valence-corrected chi connectivity index (χ0v) is 13.8. The van der Waals surface area contributed by atoms with E-state index in [9.17, 15) is 22.8 Å². The van der Waals surface area contributed by atoms with Gasteiger partial charge in [0.05, 0.1) is 24.4 Å². The van der Waals surface area contributed by atoms with E-state index in [1.165, 1.54) is 7.11 Å². The van der Waals surface area contributed by atoms with E-state index in [4.69, 9.17) is 4.74 Å². The summed E-state index contributed by atoms with van der Waals surface area (Å²) in [4.78, 5) is 23.2. The molecule has 2 N–H and O–H groups in total. The number of halogens is 3. The van der Waals surface area contributed by atoms with E-state index in [0.29, 0.717) is 0 Å². The lowest BCUT2D eigenvalue weighted by molar-refractivity contribution is -0.117. The van der Waals surface area contributed by atoms with Crippen molar-refractivity contribution in [3.8, 4) is 0 Å². The molecule has 0 fully saturated rings. The predicted octanol–water partition coefficient (Wildman–Crippen LogP) is 3.43. The van der Waals surface area contributed by atoms with E-state index in [0.717, 1.165) is 6.07 Å². The Morgan fingerprint density at radius 3 is 2.08 bits per heavy atom. The Labute approximate surface area is 137 Å². The summed E-state index contributed by atoms with van der Waals surface area (Å²) in [5.74, 6) is -5.67. The molecule has 0 aliphatic heterocycles. The molecule has 0 spiro atoms. The smallest absolute Gasteiger partial charge is 0.412 e. The zero-order valence-electron chi connectivity index (χ0n) is 13.8. The SMILES string of the molecule is COCCC(=O)Nc1cc(NC(=O)OC(C)(C)C)c(F)c(F)c1F. The third-order valence-electron chi connectivity index (χ3n) is 2.59. The van der Waals surface area contributed by atoms with Crippen LogP contribution in [0.5, 0.6) is 0 Å². The van der Waals surface area contributed by atoms with Crippen LogP contribution in [0.25, 0.3) is 0 Å². The molecular weight excluding hydrogens is 329 g/mol. The molecule has 0 atom stereocenters. The van der Waals surface area contributed by atoms with Gasteiger partial charge in [-0.15, -0.1) is 0 Å². The summed E-state index contributed by atoms with van der Waals surface area (Å²) in [7, 11) is 1.37. The second kappa shape index (κ2) is 8.00. The maximum atomic E-state index is 13.8. The summed E-state index contributed by atoms with van der Waals surface area (Å²) in [5.41, 5.74) is -2.14. The molecule has 0 saturated heterocycles. The normalized spacial score (nSPS) is 11.1. The third-order valence-corrected chi connectivity index (χ3v) is 2.59. The Morgan fingerprint density at radius 2 is 1.58 bits per heavy atom. The van der Waals surface area contributed by atoms with Crippen LogP contribution in [0.15, 0.2) is 6.07 Å². The maximum Gasteiger partial charge on any atom is 0.412 e. The van der Waals surface area contributed by atoms with Crippen LogP contribution in [0.3, 0.4) is 0 Å². The summed E-state index contributed by atoms with van der Waals surface area (Å²) in [6.07, 6.45) is -1.16. The minimum absolute atomic E-state index is 0.0696. The van der Waals surface area contributed by atoms with E-state index < -0.39 is 46.4 Å². The van der Waals surface area contributed by atoms with Gasteiger partial charge in [-0.05, 0) is 26.8 Å². The van der Waals surface area contributed by atoms with Crippen molar-refractivity contribution in [2.75, 3.05) is 24.4 Å². The number of benzene rings is 1. The van der Waals surface area contributed by atoms with Gasteiger partial charge in [-0.3, -0.25) is 10.1 Å². The van der Waals surface area contributed by atoms with Gasteiger partial charge in [0.1, 0.15) is 5.60 Å². The highest BCUT2D eigenvalue weighted by atomic mass is 19.2. The van der Waals surface area contributed by atoms with Crippen LogP contribution in [-0.2, 0) is 14.3 Å². The molecule has 0 aliphatic rings. The number of carbonyl (C=O) groups is 2. The molecule has 0 bridgehead atoms. The van der Waals surface area contributed by atoms with Gasteiger partial charge in [0, 0.05) is 7.11 Å². The minimum atomic E-state index is -1.83. The Morgan fingerprint density at radius 1 is 1.04 bits per heavy atom. The number of carbonyl (C=O) groups excluding carboxylic acids is 2. The fourth-order valence-corrected chi connectivity index (χ4v) is 1.61. The van der Waals surface area contributed by atoms with Crippen LogP contribution < -0.4 is 10.6 Å². The molecule has 0 aromatic heterocycles. The van der Waals surface area contributed by atoms with Gasteiger partial charge in [0.15, 0.2) is 17.5 Å². The number of rotatable bonds is 5. The fraction of sp³-hybridized carbons (Fsp3) is 0.467. The largest absolute Gasteiger partial charge is 0.444 e. The number of hydrogen-bond donors (Lipinski definition) is 2. The van der Waals surface area contributed by atoms with E-state index in [-0.39, 0.29) is 13.0 Å². The first-order valence-electron chi connectivity index (χ1n) is 7.01. The van der Waals surface area contributed by atoms with Gasteiger partial charge in [0.25, 0.3) is 0 Å². The van der Waals surface area contributed by atoms with Crippen molar-refractivity contribution in [2.45, 2.75) is 32.8 Å². The average molecular weight is 348 g/mol. The van der Waals surface area contributed by atoms with Crippen molar-refractivity contribution in [1.29, 1.82) is 0 Å². The molecule has 2 amide bonds. The van der Waals surface area contributed by atoms with Crippen molar-refractivity contribution in [3.05, 3.63) is 23.5 Å². The molecule has 0 radical (unpaired) electrons. The van der Waals surface area contributed by atoms with Crippen molar-refractivity contribution in [2.24, 2.45) is 0 Å². The predicted molar refractivity (Wildman–Crippen MR) is 81.3 cm³/mol. The van der Waals surface area contributed by atoms with E-state index >= 15 is 0 Å². The standard InChI is InChI=1S/C15H19F3N2O4/c1-15(2,3)24-14(22)20-9-7-8(11(16)13(18)12(9)17)19-10(21)5-6-23-4/h7H,5-6H2,1-4H3,(H,19,21)(H,20,22). The van der Waals surface area contributed by atoms with Gasteiger partial charge in [0.2, 0.25) is 5.91 Å². The molecular formula is C15H19F3N2O4. The van der Waals surface area contributed by atoms with E-state index in [1.807, 2.05) is 5.32 Å². The lowest BCUT2D eigenvalue weighted by atomic mass is 10.2. The number of nitrogens with one attached hydrogen (secondary N) is 2. The Balaban J connectivity index is 3.01. The van der Waals surface area contributed by atoms with Crippen molar-refractivity contribution in [3.63, 3.8) is 0 Å². The summed E-state index contributed by atoms with van der Waals surface area (Å²) < 4.78 is 50.7. The summed E-state index contributed by atoms with van der Waals surface area (Å²) in [6.45, 7) is 4.81. The monoisotopic (exact) mass is 348 g/mol. The van der Waals surface area contributed by atoms with Crippen LogP contribution in [0.1, 0.15) is 27.2 Å². The van der Waals surface area contributed by atoms with Crippen molar-refractivity contribution < 1.29 is 32.2 Å². The topological polar surface area (TPSA) is 76.7 Å². The zero-order chi connectivity index (χ0) is 18.5. The Bertz CT molecular complexity index is 630. The quantitative estimate of drug-likeness (QED) is 0.800. The van der Waals surface area contributed by atoms with Crippen LogP contribution in [-0.4, -0.2) is 31.3 Å². The summed E-state index contributed by atoms with van der Waals surface area (Å²) in [6, 6.07) is 0.766. The van der Waals surface area contributed by atoms with Crippen molar-refractivity contribution >= 4 is 23.4 Å². The number of methoxy groups -OCH3 is 1. The number of hydrogen-bond acceptors (Lipinski definition) is 4. The van der Waals surface area contributed by atoms with E-state index in [2.05, 4.69) is 10.1 Å². The van der Waals surface area contributed by atoms with Crippen molar-refractivity contribution in [1.82, 2.24) is 0 Å². The van der Waals surface area contributed by atoms with Crippen LogP contribution in [0.4, 0.5) is 29.3 Å². The van der Waals surface area contributed by atoms with Crippen LogP contribution in [0.2, 0.25) is 0 Å². The number of amides is 2. The summed E-state index contributed by atoms with van der Waals surface area (Å²) in [5, 5.41) is 4.06. The Hall–Kier alpha value is -2.29. The van der Waals surface area contributed by atoms with Gasteiger partial charge in [-0.25, -0.2) is 18.0 Å². The fourth-order valence-electron chi connectivity index (χ4n) is 1.61. The highest BCUT2D eigenvalue weighted by Gasteiger charge is 2.23. The van der Waals surface area contributed by atoms with Gasteiger partial charge in [-0.2, -0.15) is 0 Å². The average Bonchev–Trinajstić information content (AvgIpc) is 2.45. The second-order valence-corrected chi connectivity index (χ2v) is 5.83. The highest BCUT2D eigenvalue weighted by molar-refractivity contribution is 5.92. The minimum Gasteiger partial charge on any atom is -0.444 e. The van der Waals surface area contributed by atoms with Gasteiger partial charge in [-0.1, -0.05) is 0 Å². The second-order valence-electron chi connectivity index (χ2n) is 5.83. The lowest BCUT2D eigenvalue weighted by Crippen LogP contribution is -2.27. The van der Waals surface area contributed by atoms with Crippen LogP contribution >= 0.6 is 0 Å². The van der Waals surface area contributed by atoms with Gasteiger partial charge >= 0.3 is 6.09 Å². The first-order valence-corrected chi connectivity index (χ1v) is 7.01. The molecule has 24 heavy (non-hydrogen) atoms. The molecule has 0 aliphatic carbocycles. The highest BCUT2D eigenvalue weighted by Crippen LogP contribution is 2.27. The molecule has 6 nitrogen and oxygen atoms in total. The molecule has 1 aromatic rings. The molecule has 0 saturated carbocycles. The molecule has 1 rings (SSSR count). The van der Waals surface area contributed by atoms with Crippen LogP contribution in [0, 0.1) is 17.5 Å². The van der Waals surface area contributed by atoms with E-state index in [1.54, 1.807) is 20.8 Å². The summed E-state index contributed by atoms with van der Waals surface area (Å²) >= 11 is 0. The molecule has 0 unspecified atom stereocenters. The number of ether oxygens (including phenoxy) is 2.